The Morgan fingerprint density at radius 1 is 1.12 bits per heavy atom. The molecule has 2 saturated heterocycles. The van der Waals surface area contributed by atoms with Crippen LogP contribution in [0.15, 0.2) is 24.3 Å². The van der Waals surface area contributed by atoms with E-state index in [2.05, 4.69) is 27.2 Å². The van der Waals surface area contributed by atoms with Crippen LogP contribution in [-0.2, 0) is 0 Å². The average Bonchev–Trinajstić information content (AvgIpc) is 2.37. The highest BCUT2D eigenvalue weighted by atomic mass is 15.2. The molecule has 0 bridgehead atoms. The van der Waals surface area contributed by atoms with Crippen LogP contribution < -0.4 is 10.2 Å². The number of piperidine rings is 1. The molecular weight excluding hydrogens is 210 g/mol. The summed E-state index contributed by atoms with van der Waals surface area (Å²) in [5.41, 5.74) is 2.57. The maximum atomic E-state index is 6.94. The van der Waals surface area contributed by atoms with Gasteiger partial charge in [0.15, 0.2) is 5.69 Å². The van der Waals surface area contributed by atoms with Gasteiger partial charge in [-0.1, -0.05) is 12.1 Å². The molecule has 0 aliphatic carbocycles. The molecule has 0 amide bonds. The van der Waals surface area contributed by atoms with Gasteiger partial charge in [0.25, 0.3) is 0 Å². The van der Waals surface area contributed by atoms with E-state index in [0.717, 1.165) is 5.69 Å². The number of hydrogen-bond donors (Lipinski definition) is 1. The lowest BCUT2D eigenvalue weighted by molar-refractivity contribution is 0.150. The minimum atomic E-state index is 0.573. The van der Waals surface area contributed by atoms with E-state index in [1.165, 1.54) is 44.7 Å². The van der Waals surface area contributed by atoms with E-state index < -0.39 is 0 Å². The maximum absolute atomic E-state index is 6.94. The van der Waals surface area contributed by atoms with Crippen molar-refractivity contribution in [2.45, 2.75) is 12.8 Å². The topological polar surface area (TPSA) is 19.6 Å². The van der Waals surface area contributed by atoms with Crippen LogP contribution in [0.25, 0.3) is 4.85 Å². The molecule has 88 valence electrons. The van der Waals surface area contributed by atoms with Crippen molar-refractivity contribution in [3.8, 4) is 0 Å². The number of anilines is 1. The van der Waals surface area contributed by atoms with Crippen molar-refractivity contribution < 1.29 is 0 Å². The molecule has 0 aromatic heterocycles. The summed E-state index contributed by atoms with van der Waals surface area (Å²) in [5, 5.41) is 3.43. The van der Waals surface area contributed by atoms with Gasteiger partial charge < -0.3 is 10.2 Å². The monoisotopic (exact) mass is 227 g/mol. The van der Waals surface area contributed by atoms with Crippen LogP contribution in [0, 0.1) is 12.0 Å². The van der Waals surface area contributed by atoms with Crippen LogP contribution in [0.5, 0.6) is 0 Å². The standard InChI is InChI=1S/C14H17N3/c1-15-12-2-4-13(5-3-12)17-10-14(11-17)6-8-16-9-7-14/h2-5,16H,6-11H2. The van der Waals surface area contributed by atoms with Crippen molar-refractivity contribution in [1.82, 2.24) is 5.32 Å². The zero-order chi connectivity index (χ0) is 11.7. The van der Waals surface area contributed by atoms with Gasteiger partial charge in [-0.25, -0.2) is 4.85 Å². The highest BCUT2D eigenvalue weighted by Crippen LogP contribution is 2.41. The summed E-state index contributed by atoms with van der Waals surface area (Å²) in [7, 11) is 0. The first-order chi connectivity index (χ1) is 8.31. The van der Waals surface area contributed by atoms with Crippen molar-refractivity contribution in [2.75, 3.05) is 31.1 Å². The SMILES string of the molecule is [C-]#[N+]c1ccc(N2CC3(CCNCC3)C2)cc1. The van der Waals surface area contributed by atoms with Gasteiger partial charge in [0.1, 0.15) is 0 Å². The van der Waals surface area contributed by atoms with Gasteiger partial charge >= 0.3 is 0 Å². The Hall–Kier alpha value is -1.53. The van der Waals surface area contributed by atoms with E-state index in [-0.39, 0.29) is 0 Å². The molecule has 0 radical (unpaired) electrons. The third-order valence-electron chi connectivity index (χ3n) is 4.06. The molecule has 0 unspecified atom stereocenters. The van der Waals surface area contributed by atoms with Crippen LogP contribution in [-0.4, -0.2) is 26.2 Å². The molecule has 2 heterocycles. The van der Waals surface area contributed by atoms with E-state index in [9.17, 15) is 0 Å². The van der Waals surface area contributed by atoms with Crippen LogP contribution in [0.4, 0.5) is 11.4 Å². The molecule has 0 saturated carbocycles. The van der Waals surface area contributed by atoms with Crippen LogP contribution in [0.2, 0.25) is 0 Å². The van der Waals surface area contributed by atoms with Gasteiger partial charge in [-0.2, -0.15) is 0 Å². The molecular formula is C14H17N3. The summed E-state index contributed by atoms with van der Waals surface area (Å²) in [6, 6.07) is 7.97. The van der Waals surface area contributed by atoms with E-state index in [0.29, 0.717) is 5.41 Å². The van der Waals surface area contributed by atoms with Crippen molar-refractivity contribution >= 4 is 11.4 Å². The largest absolute Gasteiger partial charge is 0.370 e. The van der Waals surface area contributed by atoms with Gasteiger partial charge in [-0.15, -0.1) is 0 Å². The van der Waals surface area contributed by atoms with Crippen molar-refractivity contribution in [3.05, 3.63) is 35.7 Å². The number of rotatable bonds is 1. The first kappa shape index (κ1) is 10.6. The fraction of sp³-hybridized carbons (Fsp3) is 0.500. The van der Waals surface area contributed by atoms with Crippen LogP contribution >= 0.6 is 0 Å². The molecule has 0 atom stereocenters. The molecule has 1 spiro atoms. The van der Waals surface area contributed by atoms with E-state index in [1.807, 2.05) is 12.1 Å². The predicted molar refractivity (Wildman–Crippen MR) is 69.5 cm³/mol. The van der Waals surface area contributed by atoms with E-state index in [1.54, 1.807) is 0 Å². The molecule has 2 fully saturated rings. The zero-order valence-electron chi connectivity index (χ0n) is 9.95. The summed E-state index contributed by atoms with van der Waals surface area (Å²) < 4.78 is 0. The van der Waals surface area contributed by atoms with Crippen molar-refractivity contribution in [2.24, 2.45) is 5.41 Å². The predicted octanol–water partition coefficient (Wildman–Crippen LogP) is 2.43. The maximum Gasteiger partial charge on any atom is 0.187 e. The summed E-state index contributed by atoms with van der Waals surface area (Å²) in [6.45, 7) is 11.7. The Kier molecular flexibility index (Phi) is 2.53. The van der Waals surface area contributed by atoms with Crippen LogP contribution in [0.1, 0.15) is 12.8 Å². The molecule has 2 aliphatic rings. The normalized spacial score (nSPS) is 21.9. The Balaban J connectivity index is 1.66. The van der Waals surface area contributed by atoms with Gasteiger partial charge in [0, 0.05) is 24.2 Å². The molecule has 3 heteroatoms. The first-order valence-corrected chi connectivity index (χ1v) is 6.25. The second-order valence-corrected chi connectivity index (χ2v) is 5.23. The summed E-state index contributed by atoms with van der Waals surface area (Å²) in [4.78, 5) is 5.85. The lowest BCUT2D eigenvalue weighted by Crippen LogP contribution is -2.60. The third kappa shape index (κ3) is 1.89. The fourth-order valence-electron chi connectivity index (χ4n) is 2.96. The summed E-state index contributed by atoms with van der Waals surface area (Å²) in [6.07, 6.45) is 2.62. The molecule has 1 aromatic carbocycles. The minimum Gasteiger partial charge on any atom is -0.370 e. The second-order valence-electron chi connectivity index (χ2n) is 5.23. The minimum absolute atomic E-state index is 0.573. The average molecular weight is 227 g/mol. The second kappa shape index (κ2) is 4.05. The molecule has 1 aromatic rings. The zero-order valence-corrected chi connectivity index (χ0v) is 9.95. The summed E-state index contributed by atoms with van der Waals surface area (Å²) >= 11 is 0. The van der Waals surface area contributed by atoms with Gasteiger partial charge in [-0.05, 0) is 38.1 Å². The molecule has 3 rings (SSSR count). The number of nitrogens with one attached hydrogen (secondary N) is 1. The molecule has 17 heavy (non-hydrogen) atoms. The lowest BCUT2D eigenvalue weighted by atomic mass is 9.72. The van der Waals surface area contributed by atoms with Crippen molar-refractivity contribution in [3.63, 3.8) is 0 Å². The molecule has 3 nitrogen and oxygen atoms in total. The first-order valence-electron chi connectivity index (χ1n) is 6.25. The highest BCUT2D eigenvalue weighted by Gasteiger charge is 2.43. The number of benzene rings is 1. The molecule has 1 N–H and O–H groups in total. The van der Waals surface area contributed by atoms with E-state index in [4.69, 9.17) is 6.57 Å². The smallest absolute Gasteiger partial charge is 0.187 e. The third-order valence-corrected chi connectivity index (χ3v) is 4.06. The quantitative estimate of drug-likeness (QED) is 0.743. The Morgan fingerprint density at radius 2 is 1.76 bits per heavy atom. The Bertz CT molecular complexity index is 430. The Labute approximate surface area is 102 Å². The van der Waals surface area contributed by atoms with Gasteiger partial charge in [-0.3, -0.25) is 0 Å². The highest BCUT2D eigenvalue weighted by molar-refractivity contribution is 5.57. The van der Waals surface area contributed by atoms with Gasteiger partial charge in [0.05, 0.1) is 6.57 Å². The summed E-state index contributed by atoms with van der Waals surface area (Å²) in [5.74, 6) is 0. The fourth-order valence-corrected chi connectivity index (χ4v) is 2.96. The number of hydrogen-bond acceptors (Lipinski definition) is 2. The lowest BCUT2D eigenvalue weighted by Gasteiger charge is -2.53. The van der Waals surface area contributed by atoms with Crippen molar-refractivity contribution in [1.29, 1.82) is 0 Å². The van der Waals surface area contributed by atoms with E-state index >= 15 is 0 Å². The Morgan fingerprint density at radius 3 is 2.35 bits per heavy atom. The number of nitrogens with zero attached hydrogens (tertiary/aromatic N) is 2. The van der Waals surface area contributed by atoms with Gasteiger partial charge in [0.2, 0.25) is 0 Å². The van der Waals surface area contributed by atoms with Crippen LogP contribution in [0.3, 0.4) is 0 Å². The molecule has 2 aliphatic heterocycles.